The molecule has 2 unspecified atom stereocenters. The van der Waals surface area contributed by atoms with Crippen LogP contribution >= 0.6 is 0 Å². The molecule has 1 fully saturated rings. The lowest BCUT2D eigenvalue weighted by Gasteiger charge is -2.20. The lowest BCUT2D eigenvalue weighted by Crippen LogP contribution is -2.18. The Hall–Kier alpha value is -1.49. The number of carboxylic acid groups (broad SMARTS) is 1. The van der Waals surface area contributed by atoms with Gasteiger partial charge in [0.1, 0.15) is 11.6 Å². The minimum Gasteiger partial charge on any atom is -0.481 e. The minimum absolute atomic E-state index is 0.181. The van der Waals surface area contributed by atoms with Crippen molar-refractivity contribution in [3.05, 3.63) is 35.4 Å². The molecular weight excluding hydrogens is 254 g/mol. The Morgan fingerprint density at radius 3 is 2.32 bits per heavy atom. The van der Waals surface area contributed by atoms with Crippen LogP contribution in [0.4, 0.5) is 8.78 Å². The van der Waals surface area contributed by atoms with E-state index in [0.29, 0.717) is 5.56 Å². The number of halogens is 2. The molecule has 0 spiro atoms. The SMILES string of the molecule is O=C(O)CC(O)CC(c1cc(F)cc(F)c1)C1CC1. The Bertz CT molecular complexity index is 452. The number of aliphatic carboxylic acids is 1. The van der Waals surface area contributed by atoms with E-state index >= 15 is 0 Å². The van der Waals surface area contributed by atoms with E-state index in [1.165, 1.54) is 12.1 Å². The Kier molecular flexibility index (Phi) is 4.14. The molecule has 0 radical (unpaired) electrons. The molecule has 104 valence electrons. The van der Waals surface area contributed by atoms with E-state index in [9.17, 15) is 18.7 Å². The zero-order valence-electron chi connectivity index (χ0n) is 10.4. The van der Waals surface area contributed by atoms with Crippen molar-refractivity contribution in [2.75, 3.05) is 0 Å². The summed E-state index contributed by atoms with van der Waals surface area (Å²) in [5.74, 6) is -2.27. The molecule has 3 nitrogen and oxygen atoms in total. The van der Waals surface area contributed by atoms with Gasteiger partial charge >= 0.3 is 5.97 Å². The fourth-order valence-corrected chi connectivity index (χ4v) is 2.47. The van der Waals surface area contributed by atoms with Gasteiger partial charge in [-0.15, -0.1) is 0 Å². The van der Waals surface area contributed by atoms with Gasteiger partial charge in [-0.2, -0.15) is 0 Å². The molecule has 0 saturated heterocycles. The summed E-state index contributed by atoms with van der Waals surface area (Å²) in [4.78, 5) is 10.5. The second kappa shape index (κ2) is 5.65. The normalized spacial score (nSPS) is 18.1. The van der Waals surface area contributed by atoms with Crippen molar-refractivity contribution in [3.8, 4) is 0 Å². The molecule has 1 aliphatic rings. The summed E-state index contributed by atoms with van der Waals surface area (Å²) in [7, 11) is 0. The van der Waals surface area contributed by atoms with Gasteiger partial charge in [0.2, 0.25) is 0 Å². The van der Waals surface area contributed by atoms with E-state index in [1.54, 1.807) is 0 Å². The number of hydrogen-bond donors (Lipinski definition) is 2. The summed E-state index contributed by atoms with van der Waals surface area (Å²) < 4.78 is 26.4. The first-order valence-corrected chi connectivity index (χ1v) is 6.31. The molecule has 2 N–H and O–H groups in total. The number of rotatable bonds is 6. The second-order valence-electron chi connectivity index (χ2n) is 5.13. The molecule has 0 aliphatic heterocycles. The first-order valence-electron chi connectivity index (χ1n) is 6.31. The molecule has 2 rings (SSSR count). The molecular formula is C14H16F2O3. The Balaban J connectivity index is 2.13. The summed E-state index contributed by atoms with van der Waals surface area (Å²) in [6.07, 6.45) is 0.779. The third kappa shape index (κ3) is 3.99. The van der Waals surface area contributed by atoms with Crippen LogP contribution in [0.2, 0.25) is 0 Å². The molecule has 0 aromatic heterocycles. The Morgan fingerprint density at radius 1 is 1.26 bits per heavy atom. The average Bonchev–Trinajstić information content (AvgIpc) is 3.07. The van der Waals surface area contributed by atoms with Crippen molar-refractivity contribution >= 4 is 5.97 Å². The molecule has 1 aliphatic carbocycles. The van der Waals surface area contributed by atoms with Crippen molar-refractivity contribution in [1.29, 1.82) is 0 Å². The van der Waals surface area contributed by atoms with Crippen molar-refractivity contribution in [1.82, 2.24) is 0 Å². The third-order valence-corrected chi connectivity index (χ3v) is 3.44. The van der Waals surface area contributed by atoms with Gasteiger partial charge in [-0.25, -0.2) is 8.78 Å². The molecule has 0 amide bonds. The maximum absolute atomic E-state index is 13.2. The van der Waals surface area contributed by atoms with Crippen LogP contribution in [0.3, 0.4) is 0 Å². The molecule has 5 heteroatoms. The van der Waals surface area contributed by atoms with Crippen molar-refractivity contribution in [2.24, 2.45) is 5.92 Å². The number of benzene rings is 1. The van der Waals surface area contributed by atoms with E-state index in [-0.39, 0.29) is 24.7 Å². The molecule has 1 aromatic carbocycles. The summed E-state index contributed by atoms with van der Waals surface area (Å²) in [6.45, 7) is 0. The first-order chi connectivity index (χ1) is 8.95. The van der Waals surface area contributed by atoms with Crippen LogP contribution in [0.5, 0.6) is 0 Å². The summed E-state index contributed by atoms with van der Waals surface area (Å²) in [5.41, 5.74) is 0.504. The third-order valence-electron chi connectivity index (χ3n) is 3.44. The highest BCUT2D eigenvalue weighted by Gasteiger charge is 2.34. The van der Waals surface area contributed by atoms with Crippen LogP contribution in [0.1, 0.15) is 37.2 Å². The molecule has 2 atom stereocenters. The van der Waals surface area contributed by atoms with E-state index in [4.69, 9.17) is 5.11 Å². The predicted octanol–water partition coefficient (Wildman–Crippen LogP) is 2.68. The quantitative estimate of drug-likeness (QED) is 0.835. The standard InChI is InChI=1S/C14H16F2O3/c15-10-3-9(4-11(16)5-10)13(8-1-2-8)6-12(17)7-14(18)19/h3-5,8,12-13,17H,1-2,6-7H2,(H,18,19). The second-order valence-corrected chi connectivity index (χ2v) is 5.13. The fraction of sp³-hybridized carbons (Fsp3) is 0.500. The van der Waals surface area contributed by atoms with Gasteiger partial charge in [0, 0.05) is 6.07 Å². The van der Waals surface area contributed by atoms with Gasteiger partial charge in [0.25, 0.3) is 0 Å². The highest BCUT2D eigenvalue weighted by atomic mass is 19.1. The van der Waals surface area contributed by atoms with Gasteiger partial charge in [-0.1, -0.05) is 0 Å². The fourth-order valence-electron chi connectivity index (χ4n) is 2.47. The lowest BCUT2D eigenvalue weighted by atomic mass is 9.88. The van der Waals surface area contributed by atoms with Crippen molar-refractivity contribution < 1.29 is 23.8 Å². The number of aliphatic hydroxyl groups excluding tert-OH is 1. The maximum atomic E-state index is 13.2. The monoisotopic (exact) mass is 270 g/mol. The Morgan fingerprint density at radius 2 is 1.84 bits per heavy atom. The molecule has 0 bridgehead atoms. The van der Waals surface area contributed by atoms with E-state index in [2.05, 4.69) is 0 Å². The zero-order chi connectivity index (χ0) is 14.0. The van der Waals surface area contributed by atoms with Gasteiger partial charge in [0.15, 0.2) is 0 Å². The topological polar surface area (TPSA) is 57.5 Å². The van der Waals surface area contributed by atoms with Gasteiger partial charge in [-0.05, 0) is 48.8 Å². The summed E-state index contributed by atoms with van der Waals surface area (Å²) in [6, 6.07) is 3.33. The largest absolute Gasteiger partial charge is 0.481 e. The smallest absolute Gasteiger partial charge is 0.305 e. The average molecular weight is 270 g/mol. The Labute approximate surface area is 109 Å². The number of hydrogen-bond acceptors (Lipinski definition) is 2. The maximum Gasteiger partial charge on any atom is 0.305 e. The lowest BCUT2D eigenvalue weighted by molar-refractivity contribution is -0.139. The molecule has 19 heavy (non-hydrogen) atoms. The van der Waals surface area contributed by atoms with E-state index in [1.807, 2.05) is 0 Å². The van der Waals surface area contributed by atoms with Gasteiger partial charge in [-0.3, -0.25) is 4.79 Å². The van der Waals surface area contributed by atoms with E-state index < -0.39 is 23.7 Å². The van der Waals surface area contributed by atoms with Gasteiger partial charge in [0.05, 0.1) is 12.5 Å². The summed E-state index contributed by atoms with van der Waals surface area (Å²) >= 11 is 0. The highest BCUT2D eigenvalue weighted by Crippen LogP contribution is 2.45. The number of carboxylic acids is 1. The van der Waals surface area contributed by atoms with Crippen LogP contribution in [0.15, 0.2) is 18.2 Å². The zero-order valence-corrected chi connectivity index (χ0v) is 10.4. The van der Waals surface area contributed by atoms with Crippen LogP contribution in [0, 0.1) is 17.6 Å². The first kappa shape index (κ1) is 13.9. The molecule has 0 heterocycles. The number of aliphatic hydroxyl groups is 1. The minimum atomic E-state index is -1.08. The van der Waals surface area contributed by atoms with Crippen molar-refractivity contribution in [3.63, 3.8) is 0 Å². The predicted molar refractivity (Wildman–Crippen MR) is 64.7 cm³/mol. The van der Waals surface area contributed by atoms with Crippen LogP contribution < -0.4 is 0 Å². The highest BCUT2D eigenvalue weighted by molar-refractivity contribution is 5.67. The van der Waals surface area contributed by atoms with Crippen LogP contribution in [0.25, 0.3) is 0 Å². The van der Waals surface area contributed by atoms with Crippen LogP contribution in [-0.4, -0.2) is 22.3 Å². The molecule has 1 aromatic rings. The van der Waals surface area contributed by atoms with E-state index in [0.717, 1.165) is 18.9 Å². The summed E-state index contributed by atoms with van der Waals surface area (Å²) in [5, 5.41) is 18.3. The van der Waals surface area contributed by atoms with Crippen LogP contribution in [-0.2, 0) is 4.79 Å². The van der Waals surface area contributed by atoms with Crippen molar-refractivity contribution in [2.45, 2.75) is 37.7 Å². The molecule has 1 saturated carbocycles. The number of carbonyl (C=O) groups is 1. The van der Waals surface area contributed by atoms with Gasteiger partial charge < -0.3 is 10.2 Å².